The minimum absolute atomic E-state index is 0.0210. The fraction of sp³-hybridized carbons (Fsp3) is 0.478. The van der Waals surface area contributed by atoms with Gasteiger partial charge in [0.2, 0.25) is 5.91 Å². The number of hydrogen-bond acceptors (Lipinski definition) is 4. The normalized spacial score (nSPS) is 16.9. The average Bonchev–Trinajstić information content (AvgIpc) is 3.36. The summed E-state index contributed by atoms with van der Waals surface area (Å²) >= 11 is 0. The van der Waals surface area contributed by atoms with Crippen molar-refractivity contribution in [1.82, 2.24) is 10.2 Å². The van der Waals surface area contributed by atoms with E-state index in [4.69, 9.17) is 10.2 Å². The molecule has 33 heavy (non-hydrogen) atoms. The van der Waals surface area contributed by atoms with Gasteiger partial charge in [-0.25, -0.2) is 4.39 Å². The first-order valence-electron chi connectivity index (χ1n) is 10.5. The molecule has 1 fully saturated rings. The van der Waals surface area contributed by atoms with Crippen molar-refractivity contribution in [3.63, 3.8) is 0 Å². The quantitative estimate of drug-likeness (QED) is 0.521. The molecule has 3 rings (SSSR count). The molecule has 0 aliphatic heterocycles. The molecule has 180 valence electrons. The highest BCUT2D eigenvalue weighted by Gasteiger charge is 2.67. The lowest BCUT2D eigenvalue weighted by molar-refractivity contribution is -0.194. The smallest absolute Gasteiger partial charge is 0.395 e. The molecule has 0 bridgehead atoms. The Balaban J connectivity index is 1.66. The molecule has 0 saturated heterocycles. The van der Waals surface area contributed by atoms with Gasteiger partial charge in [-0.1, -0.05) is 6.07 Å². The van der Waals surface area contributed by atoms with E-state index >= 15 is 0 Å². The Bertz CT molecular complexity index is 985. The fourth-order valence-corrected chi connectivity index (χ4v) is 4.15. The lowest BCUT2D eigenvalue weighted by Gasteiger charge is -2.29. The summed E-state index contributed by atoms with van der Waals surface area (Å²) in [6, 6.07) is 5.32. The zero-order valence-electron chi connectivity index (χ0n) is 18.4. The van der Waals surface area contributed by atoms with Crippen LogP contribution in [0.4, 0.5) is 17.6 Å². The predicted octanol–water partition coefficient (Wildman–Crippen LogP) is 3.62. The summed E-state index contributed by atoms with van der Waals surface area (Å²) in [4.78, 5) is 25.7. The maximum atomic E-state index is 14.1. The largest absolute Gasteiger partial charge is 0.472 e. The summed E-state index contributed by atoms with van der Waals surface area (Å²) in [6.45, 7) is 0.155. The first-order valence-corrected chi connectivity index (χ1v) is 10.5. The van der Waals surface area contributed by atoms with Crippen LogP contribution in [0.3, 0.4) is 0 Å². The molecule has 1 aromatic carbocycles. The topological polar surface area (TPSA) is 88.6 Å². The van der Waals surface area contributed by atoms with Crippen molar-refractivity contribution in [2.24, 2.45) is 11.1 Å². The molecule has 2 atom stereocenters. The number of primary amides is 1. The molecule has 1 aliphatic rings. The second-order valence-corrected chi connectivity index (χ2v) is 8.77. The molecule has 1 aliphatic carbocycles. The van der Waals surface area contributed by atoms with E-state index in [1.807, 2.05) is 4.90 Å². The van der Waals surface area contributed by atoms with E-state index in [9.17, 15) is 27.2 Å². The minimum Gasteiger partial charge on any atom is -0.472 e. The van der Waals surface area contributed by atoms with Crippen molar-refractivity contribution >= 4 is 11.8 Å². The molecule has 2 amide bonds. The van der Waals surface area contributed by atoms with Crippen molar-refractivity contribution in [1.29, 1.82) is 0 Å². The Morgan fingerprint density at radius 1 is 1.24 bits per heavy atom. The molecule has 1 saturated carbocycles. The number of carbonyl (C=O) groups is 2. The molecular weight excluding hydrogens is 442 g/mol. The van der Waals surface area contributed by atoms with Gasteiger partial charge in [0.05, 0.1) is 23.5 Å². The molecule has 1 heterocycles. The first kappa shape index (κ1) is 24.8. The second kappa shape index (κ2) is 9.54. The van der Waals surface area contributed by atoms with Crippen molar-refractivity contribution in [2.45, 2.75) is 43.8 Å². The number of halogens is 4. The van der Waals surface area contributed by atoms with E-state index in [-0.39, 0.29) is 37.4 Å². The van der Waals surface area contributed by atoms with Crippen LogP contribution in [0.2, 0.25) is 0 Å². The minimum atomic E-state index is -4.41. The number of nitrogens with one attached hydrogen (secondary N) is 1. The number of likely N-dealkylation sites (N-methyl/N-ethyl adjacent to an activating group) is 1. The zero-order chi connectivity index (χ0) is 24.4. The summed E-state index contributed by atoms with van der Waals surface area (Å²) < 4.78 is 60.2. The van der Waals surface area contributed by atoms with Gasteiger partial charge in [0, 0.05) is 24.9 Å². The molecule has 6 nitrogen and oxygen atoms in total. The summed E-state index contributed by atoms with van der Waals surface area (Å²) in [5.74, 6) is -3.12. The standard InChI is InChI=1S/C23H27F4N3O3/c1-30(2)16(9-14-3-4-17(21(28)32)19(24)10-14)12-29-20(31)11-18(15-5-8-33-13-15)22(6-7-22)23(25,26)27/h3-5,8,10,13,16,18H,6-7,9,11-12H2,1-2H3,(H2,28,32)(H,29,31)/t16-,18+/m0/s1. The molecule has 3 N–H and O–H groups in total. The molecule has 0 unspecified atom stereocenters. The van der Waals surface area contributed by atoms with E-state index in [0.29, 0.717) is 17.5 Å². The van der Waals surface area contributed by atoms with Gasteiger partial charge in [0.25, 0.3) is 5.91 Å². The second-order valence-electron chi connectivity index (χ2n) is 8.77. The summed E-state index contributed by atoms with van der Waals surface area (Å²) in [5, 5.41) is 2.73. The number of nitrogens with two attached hydrogens (primary N) is 1. The number of benzene rings is 1. The van der Waals surface area contributed by atoms with Crippen molar-refractivity contribution in [3.05, 3.63) is 59.3 Å². The lowest BCUT2D eigenvalue weighted by atomic mass is 9.81. The lowest BCUT2D eigenvalue weighted by Crippen LogP contribution is -2.42. The Kier molecular flexibility index (Phi) is 7.16. The van der Waals surface area contributed by atoms with Crippen LogP contribution >= 0.6 is 0 Å². The van der Waals surface area contributed by atoms with Gasteiger partial charge in [0.1, 0.15) is 5.82 Å². The summed E-state index contributed by atoms with van der Waals surface area (Å²) in [5.41, 5.74) is 3.95. The SMILES string of the molecule is CN(C)[C@H](CNC(=O)C[C@H](c1ccoc1)C1(C(F)(F)F)CC1)Cc1ccc(C(N)=O)c(F)c1. The van der Waals surface area contributed by atoms with Crippen LogP contribution in [-0.2, 0) is 11.2 Å². The van der Waals surface area contributed by atoms with E-state index in [1.54, 1.807) is 20.2 Å². The number of nitrogens with zero attached hydrogens (tertiary/aromatic N) is 1. The third-order valence-corrected chi connectivity index (χ3v) is 6.39. The predicted molar refractivity (Wildman–Crippen MR) is 113 cm³/mol. The van der Waals surface area contributed by atoms with E-state index in [0.717, 1.165) is 0 Å². The van der Waals surface area contributed by atoms with Gasteiger partial charge in [-0.05, 0) is 62.7 Å². The van der Waals surface area contributed by atoms with E-state index in [2.05, 4.69) is 5.32 Å². The Morgan fingerprint density at radius 2 is 1.94 bits per heavy atom. The molecule has 1 aromatic heterocycles. The number of amides is 2. The maximum Gasteiger partial charge on any atom is 0.395 e. The Hall–Kier alpha value is -2.88. The van der Waals surface area contributed by atoms with Gasteiger partial charge in [-0.3, -0.25) is 9.59 Å². The van der Waals surface area contributed by atoms with Crippen LogP contribution in [0, 0.1) is 11.2 Å². The summed E-state index contributed by atoms with van der Waals surface area (Å²) in [6.07, 6.45) is -1.86. The van der Waals surface area contributed by atoms with Crippen LogP contribution in [0.5, 0.6) is 0 Å². The summed E-state index contributed by atoms with van der Waals surface area (Å²) in [7, 11) is 3.56. The highest BCUT2D eigenvalue weighted by Crippen LogP contribution is 2.66. The fourth-order valence-electron chi connectivity index (χ4n) is 4.15. The van der Waals surface area contributed by atoms with Gasteiger partial charge in [-0.2, -0.15) is 13.2 Å². The highest BCUT2D eigenvalue weighted by molar-refractivity contribution is 5.93. The monoisotopic (exact) mass is 469 g/mol. The van der Waals surface area contributed by atoms with Crippen molar-refractivity contribution in [2.75, 3.05) is 20.6 Å². The maximum absolute atomic E-state index is 14.1. The molecule has 0 spiro atoms. The van der Waals surface area contributed by atoms with Crippen LogP contribution < -0.4 is 11.1 Å². The Morgan fingerprint density at radius 3 is 2.42 bits per heavy atom. The number of alkyl halides is 3. The number of hydrogen-bond donors (Lipinski definition) is 2. The molecule has 10 heteroatoms. The van der Waals surface area contributed by atoms with E-state index in [1.165, 1.54) is 30.7 Å². The van der Waals surface area contributed by atoms with Gasteiger partial charge < -0.3 is 20.4 Å². The average molecular weight is 469 g/mol. The molecule has 0 radical (unpaired) electrons. The van der Waals surface area contributed by atoms with Crippen LogP contribution in [0.1, 0.15) is 46.7 Å². The van der Waals surface area contributed by atoms with Crippen molar-refractivity contribution in [3.8, 4) is 0 Å². The van der Waals surface area contributed by atoms with Crippen LogP contribution in [0.25, 0.3) is 0 Å². The number of carbonyl (C=O) groups excluding carboxylic acids is 2. The molecule has 2 aromatic rings. The number of rotatable bonds is 10. The molecular formula is C23H27F4N3O3. The zero-order valence-corrected chi connectivity index (χ0v) is 18.4. The van der Waals surface area contributed by atoms with Gasteiger partial charge in [-0.15, -0.1) is 0 Å². The third-order valence-electron chi connectivity index (χ3n) is 6.39. The van der Waals surface area contributed by atoms with Gasteiger partial charge in [0.15, 0.2) is 0 Å². The van der Waals surface area contributed by atoms with Crippen molar-refractivity contribution < 1.29 is 31.6 Å². The Labute approximate surface area is 189 Å². The third kappa shape index (κ3) is 5.55. The van der Waals surface area contributed by atoms with E-state index < -0.39 is 35.1 Å². The highest BCUT2D eigenvalue weighted by atomic mass is 19.4. The van der Waals surface area contributed by atoms with Crippen LogP contribution in [-0.4, -0.2) is 49.6 Å². The van der Waals surface area contributed by atoms with Gasteiger partial charge >= 0.3 is 6.18 Å². The number of furan rings is 1. The van der Waals surface area contributed by atoms with Crippen LogP contribution in [0.15, 0.2) is 41.2 Å². The first-order chi connectivity index (χ1) is 15.4.